The summed E-state index contributed by atoms with van der Waals surface area (Å²) in [6.45, 7) is 2.10. The van der Waals surface area contributed by atoms with Crippen LogP contribution in [0.25, 0.3) is 0 Å². The zero-order chi connectivity index (χ0) is 12.8. The van der Waals surface area contributed by atoms with Crippen molar-refractivity contribution in [1.82, 2.24) is 0 Å². The van der Waals surface area contributed by atoms with E-state index in [9.17, 15) is 4.79 Å². The highest BCUT2D eigenvalue weighted by Crippen LogP contribution is 2.37. The van der Waals surface area contributed by atoms with Crippen LogP contribution in [-0.4, -0.2) is 18.8 Å². The molecule has 0 fully saturated rings. The first-order valence-corrected chi connectivity index (χ1v) is 7.38. The number of rotatable bonds is 6. The Morgan fingerprint density at radius 3 is 2.59 bits per heavy atom. The standard InChI is InChI=1S/C12H15Cl2O2P/c1-3-4-7-17-12(15)10-8(13)5-6-9(14)11(10)16-2/h5-6,17H,3-4,7H2,1-2H3. The molecule has 0 saturated carbocycles. The summed E-state index contributed by atoms with van der Waals surface area (Å²) in [5.41, 5.74) is 0.430. The molecule has 94 valence electrons. The molecule has 0 radical (unpaired) electrons. The fourth-order valence-electron chi connectivity index (χ4n) is 1.41. The van der Waals surface area contributed by atoms with Crippen LogP contribution in [0.1, 0.15) is 30.1 Å². The second-order valence-electron chi connectivity index (χ2n) is 3.55. The van der Waals surface area contributed by atoms with Gasteiger partial charge in [0.15, 0.2) is 5.52 Å². The van der Waals surface area contributed by atoms with Crippen molar-refractivity contribution in [2.45, 2.75) is 19.8 Å². The molecule has 1 aromatic carbocycles. The van der Waals surface area contributed by atoms with Crippen molar-refractivity contribution in [3.63, 3.8) is 0 Å². The summed E-state index contributed by atoms with van der Waals surface area (Å²) in [6, 6.07) is 3.26. The maximum absolute atomic E-state index is 12.1. The van der Waals surface area contributed by atoms with E-state index >= 15 is 0 Å². The Morgan fingerprint density at radius 1 is 1.35 bits per heavy atom. The lowest BCUT2D eigenvalue weighted by Crippen LogP contribution is -1.99. The summed E-state index contributed by atoms with van der Waals surface area (Å²) in [6.07, 6.45) is 3.02. The molecule has 1 rings (SSSR count). The van der Waals surface area contributed by atoms with E-state index in [0.717, 1.165) is 19.0 Å². The lowest BCUT2D eigenvalue weighted by Gasteiger charge is -2.11. The van der Waals surface area contributed by atoms with E-state index in [-0.39, 0.29) is 14.1 Å². The normalized spacial score (nSPS) is 11.1. The number of halogens is 2. The van der Waals surface area contributed by atoms with Gasteiger partial charge in [0.1, 0.15) is 5.75 Å². The summed E-state index contributed by atoms with van der Waals surface area (Å²) in [5, 5.41) is 0.820. The summed E-state index contributed by atoms with van der Waals surface area (Å²) in [7, 11) is 1.71. The largest absolute Gasteiger partial charge is 0.494 e. The second kappa shape index (κ2) is 7.20. The minimum atomic E-state index is 0.0165. The van der Waals surface area contributed by atoms with Gasteiger partial charge in [-0.1, -0.05) is 36.5 Å². The Bertz CT molecular complexity index is 408. The highest BCUT2D eigenvalue weighted by atomic mass is 35.5. The average molecular weight is 293 g/mol. The second-order valence-corrected chi connectivity index (χ2v) is 5.67. The molecule has 0 amide bonds. The van der Waals surface area contributed by atoms with E-state index in [4.69, 9.17) is 27.9 Å². The Hall–Kier alpha value is -0.300. The van der Waals surface area contributed by atoms with Gasteiger partial charge in [-0.3, -0.25) is 4.79 Å². The van der Waals surface area contributed by atoms with Crippen molar-refractivity contribution in [3.8, 4) is 5.75 Å². The van der Waals surface area contributed by atoms with Crippen molar-refractivity contribution in [2.75, 3.05) is 13.3 Å². The first-order chi connectivity index (χ1) is 8.11. The van der Waals surface area contributed by atoms with Gasteiger partial charge in [-0.05, 0) is 33.3 Å². The monoisotopic (exact) mass is 292 g/mol. The molecule has 0 heterocycles. The maximum Gasteiger partial charge on any atom is 0.186 e. The first-order valence-electron chi connectivity index (χ1n) is 5.42. The van der Waals surface area contributed by atoms with Gasteiger partial charge in [0.05, 0.1) is 22.7 Å². The number of unbranched alkanes of at least 4 members (excludes halogenated alkanes) is 1. The third kappa shape index (κ3) is 3.84. The fourth-order valence-corrected chi connectivity index (χ4v) is 3.14. The van der Waals surface area contributed by atoms with Gasteiger partial charge in [0.25, 0.3) is 0 Å². The number of hydrogen-bond donors (Lipinski definition) is 0. The van der Waals surface area contributed by atoms with Gasteiger partial charge in [0.2, 0.25) is 0 Å². The highest BCUT2D eigenvalue weighted by Gasteiger charge is 2.18. The summed E-state index contributed by atoms with van der Waals surface area (Å²) in [5.74, 6) is 0.383. The molecule has 5 heteroatoms. The van der Waals surface area contributed by atoms with E-state index in [1.54, 1.807) is 12.1 Å². The molecular weight excluding hydrogens is 278 g/mol. The molecule has 2 nitrogen and oxygen atoms in total. The molecular formula is C12H15Cl2O2P. The number of methoxy groups -OCH3 is 1. The lowest BCUT2D eigenvalue weighted by atomic mass is 10.2. The van der Waals surface area contributed by atoms with Crippen LogP contribution < -0.4 is 4.74 Å². The quantitative estimate of drug-likeness (QED) is 0.565. The third-order valence-corrected chi connectivity index (χ3v) is 4.09. The van der Waals surface area contributed by atoms with Crippen molar-refractivity contribution in [3.05, 3.63) is 27.7 Å². The molecule has 1 unspecified atom stereocenters. The molecule has 0 aliphatic rings. The molecule has 0 bridgehead atoms. The van der Waals surface area contributed by atoms with Crippen molar-refractivity contribution in [1.29, 1.82) is 0 Å². The predicted molar refractivity (Wildman–Crippen MR) is 75.4 cm³/mol. The molecule has 1 aromatic rings. The highest BCUT2D eigenvalue weighted by molar-refractivity contribution is 7.58. The maximum atomic E-state index is 12.1. The third-order valence-electron chi connectivity index (χ3n) is 2.31. The van der Waals surface area contributed by atoms with Gasteiger partial charge in [-0.25, -0.2) is 0 Å². The lowest BCUT2D eigenvalue weighted by molar-refractivity contribution is 0.108. The predicted octanol–water partition coefficient (Wildman–Crippen LogP) is 4.62. The number of carbonyl (C=O) groups excluding carboxylic acids is 1. The molecule has 0 spiro atoms. The number of benzene rings is 1. The van der Waals surface area contributed by atoms with Crippen LogP contribution in [0, 0.1) is 0 Å². The van der Waals surface area contributed by atoms with Crippen molar-refractivity contribution >= 4 is 37.3 Å². The van der Waals surface area contributed by atoms with E-state index in [1.165, 1.54) is 7.11 Å². The molecule has 0 aliphatic carbocycles. The smallest absolute Gasteiger partial charge is 0.186 e. The van der Waals surface area contributed by atoms with Gasteiger partial charge < -0.3 is 4.74 Å². The molecule has 1 atom stereocenters. The van der Waals surface area contributed by atoms with Gasteiger partial charge in [0, 0.05) is 0 Å². The Labute approximate surface area is 113 Å². The van der Waals surface area contributed by atoms with Crippen LogP contribution in [0.4, 0.5) is 0 Å². The Balaban J connectivity index is 2.95. The first kappa shape index (κ1) is 14.8. The SMILES string of the molecule is CCCCPC(=O)c1c(Cl)ccc(Cl)c1OC. The minimum absolute atomic E-state index is 0.0165. The zero-order valence-corrected chi connectivity index (χ0v) is 12.4. The Morgan fingerprint density at radius 2 is 2.00 bits per heavy atom. The van der Waals surface area contributed by atoms with Gasteiger partial charge in [-0.2, -0.15) is 0 Å². The number of carbonyl (C=O) groups is 1. The van der Waals surface area contributed by atoms with Crippen LogP contribution >= 0.6 is 31.8 Å². The van der Waals surface area contributed by atoms with Crippen LogP contribution in [0.2, 0.25) is 10.0 Å². The Kier molecular flexibility index (Phi) is 6.26. The zero-order valence-electron chi connectivity index (χ0n) is 9.85. The number of ether oxygens (including phenoxy) is 1. The van der Waals surface area contributed by atoms with Crippen LogP contribution in [-0.2, 0) is 0 Å². The van der Waals surface area contributed by atoms with E-state index in [0.29, 0.717) is 21.4 Å². The average Bonchev–Trinajstić information content (AvgIpc) is 2.31. The molecule has 0 N–H and O–H groups in total. The van der Waals surface area contributed by atoms with E-state index in [1.807, 2.05) is 0 Å². The molecule has 0 aliphatic heterocycles. The molecule has 0 saturated heterocycles. The van der Waals surface area contributed by atoms with Crippen molar-refractivity contribution in [2.24, 2.45) is 0 Å². The summed E-state index contributed by atoms with van der Waals surface area (Å²) in [4.78, 5) is 12.1. The van der Waals surface area contributed by atoms with Gasteiger partial charge >= 0.3 is 0 Å². The summed E-state index contributed by atoms with van der Waals surface area (Å²) >= 11 is 12.0. The van der Waals surface area contributed by atoms with Crippen LogP contribution in [0.15, 0.2) is 12.1 Å². The number of hydrogen-bond acceptors (Lipinski definition) is 2. The summed E-state index contributed by atoms with van der Waals surface area (Å²) < 4.78 is 5.15. The fraction of sp³-hybridized carbons (Fsp3) is 0.417. The molecule has 0 aromatic heterocycles. The topological polar surface area (TPSA) is 26.3 Å². The van der Waals surface area contributed by atoms with Crippen molar-refractivity contribution < 1.29 is 9.53 Å². The minimum Gasteiger partial charge on any atom is -0.494 e. The van der Waals surface area contributed by atoms with E-state index in [2.05, 4.69) is 6.92 Å². The van der Waals surface area contributed by atoms with Crippen LogP contribution in [0.5, 0.6) is 5.75 Å². The van der Waals surface area contributed by atoms with Gasteiger partial charge in [-0.15, -0.1) is 0 Å². The van der Waals surface area contributed by atoms with E-state index < -0.39 is 0 Å². The molecule has 17 heavy (non-hydrogen) atoms. The van der Waals surface area contributed by atoms with Crippen LogP contribution in [0.3, 0.4) is 0 Å².